The second kappa shape index (κ2) is 7.31. The van der Waals surface area contributed by atoms with E-state index >= 15 is 0 Å². The summed E-state index contributed by atoms with van der Waals surface area (Å²) < 4.78 is 7.88. The normalized spacial score (nSPS) is 12.4. The second-order valence-electron chi connectivity index (χ2n) is 5.54. The molecule has 6 heteroatoms. The van der Waals surface area contributed by atoms with Gasteiger partial charge < -0.3 is 9.30 Å². The molecule has 0 fully saturated rings. The van der Waals surface area contributed by atoms with Crippen molar-refractivity contribution in [1.82, 2.24) is 14.5 Å². The van der Waals surface area contributed by atoms with E-state index < -0.39 is 0 Å². The largest absolute Gasteiger partial charge is 0.374 e. The monoisotopic (exact) mass is 367 g/mol. The lowest BCUT2D eigenvalue weighted by Crippen LogP contribution is -2.10. The molecular formula is C19H17N3OS2. The molecule has 126 valence electrons. The Hall–Kier alpha value is -2.28. The van der Waals surface area contributed by atoms with E-state index in [-0.39, 0.29) is 6.10 Å². The van der Waals surface area contributed by atoms with Gasteiger partial charge >= 0.3 is 0 Å². The van der Waals surface area contributed by atoms with Crippen LogP contribution in [0.25, 0.3) is 22.0 Å². The first-order valence-electron chi connectivity index (χ1n) is 7.93. The van der Waals surface area contributed by atoms with Crippen LogP contribution in [0.15, 0.2) is 65.7 Å². The van der Waals surface area contributed by atoms with Crippen molar-refractivity contribution in [3.05, 3.63) is 70.6 Å². The number of thiazole rings is 1. The SMILES string of the molecule is CO[C@@H](Cn1cnc(-c2ccccc2)c1-c1nccs1)c1cccs1. The van der Waals surface area contributed by atoms with Crippen LogP contribution in [0.5, 0.6) is 0 Å². The van der Waals surface area contributed by atoms with Crippen LogP contribution in [-0.2, 0) is 11.3 Å². The van der Waals surface area contributed by atoms with Gasteiger partial charge in [0.05, 0.1) is 18.6 Å². The number of thiophene rings is 1. The van der Waals surface area contributed by atoms with Crippen LogP contribution in [0, 0.1) is 0 Å². The molecule has 4 aromatic rings. The van der Waals surface area contributed by atoms with Crippen LogP contribution in [-0.4, -0.2) is 21.6 Å². The maximum Gasteiger partial charge on any atom is 0.142 e. The molecule has 0 N–H and O–H groups in total. The van der Waals surface area contributed by atoms with Crippen LogP contribution in [0.1, 0.15) is 11.0 Å². The number of hydrogen-bond donors (Lipinski definition) is 0. The Morgan fingerprint density at radius 3 is 2.60 bits per heavy atom. The highest BCUT2D eigenvalue weighted by molar-refractivity contribution is 7.13. The summed E-state index contributed by atoms with van der Waals surface area (Å²) in [5.74, 6) is 0. The fraction of sp³-hybridized carbons (Fsp3) is 0.158. The minimum atomic E-state index is -0.00321. The molecule has 3 aromatic heterocycles. The van der Waals surface area contributed by atoms with Crippen molar-refractivity contribution in [3.63, 3.8) is 0 Å². The molecule has 0 aliphatic heterocycles. The summed E-state index contributed by atoms with van der Waals surface area (Å²) in [5, 5.41) is 5.04. The molecular weight excluding hydrogens is 350 g/mol. The van der Waals surface area contributed by atoms with E-state index in [0.717, 1.165) is 22.0 Å². The molecule has 0 amide bonds. The summed E-state index contributed by atoms with van der Waals surface area (Å²) in [5.41, 5.74) is 3.09. The molecule has 1 atom stereocenters. The van der Waals surface area contributed by atoms with E-state index in [2.05, 4.69) is 44.2 Å². The van der Waals surface area contributed by atoms with Crippen molar-refractivity contribution >= 4 is 22.7 Å². The van der Waals surface area contributed by atoms with Gasteiger partial charge in [0.25, 0.3) is 0 Å². The van der Waals surface area contributed by atoms with Crippen LogP contribution < -0.4 is 0 Å². The van der Waals surface area contributed by atoms with Crippen molar-refractivity contribution in [2.24, 2.45) is 0 Å². The third kappa shape index (κ3) is 3.28. The molecule has 0 radical (unpaired) electrons. The Kier molecular flexibility index (Phi) is 4.74. The van der Waals surface area contributed by atoms with Crippen molar-refractivity contribution in [2.75, 3.05) is 7.11 Å². The van der Waals surface area contributed by atoms with Gasteiger partial charge in [0.15, 0.2) is 0 Å². The zero-order chi connectivity index (χ0) is 17.1. The molecule has 0 unspecified atom stereocenters. The number of rotatable bonds is 6. The fourth-order valence-electron chi connectivity index (χ4n) is 2.83. The molecule has 4 rings (SSSR count). The Balaban J connectivity index is 1.77. The van der Waals surface area contributed by atoms with Gasteiger partial charge in [0, 0.05) is 29.1 Å². The van der Waals surface area contributed by atoms with Crippen molar-refractivity contribution in [3.8, 4) is 22.0 Å². The number of nitrogens with zero attached hydrogens (tertiary/aromatic N) is 3. The van der Waals surface area contributed by atoms with Crippen molar-refractivity contribution in [1.29, 1.82) is 0 Å². The molecule has 0 saturated carbocycles. The zero-order valence-electron chi connectivity index (χ0n) is 13.7. The number of aromatic nitrogens is 3. The third-order valence-electron chi connectivity index (χ3n) is 4.03. The second-order valence-corrected chi connectivity index (χ2v) is 7.41. The Bertz CT molecular complexity index is 915. The Morgan fingerprint density at radius 1 is 1.04 bits per heavy atom. The standard InChI is InChI=1S/C19H17N3OS2/c1-23-15(16-8-5-10-24-16)12-22-13-21-17(14-6-3-2-4-7-14)18(22)19-20-9-11-25-19/h2-11,13,15H,12H2,1H3/t15-/m0/s1. The Labute approximate surface area is 154 Å². The molecule has 0 aliphatic carbocycles. The highest BCUT2D eigenvalue weighted by Crippen LogP contribution is 2.34. The molecule has 4 nitrogen and oxygen atoms in total. The van der Waals surface area contributed by atoms with Gasteiger partial charge in [-0.25, -0.2) is 9.97 Å². The van der Waals surface area contributed by atoms with Crippen LogP contribution in [0.2, 0.25) is 0 Å². The van der Waals surface area contributed by atoms with Crippen molar-refractivity contribution in [2.45, 2.75) is 12.6 Å². The molecule has 1 aromatic carbocycles. The summed E-state index contributed by atoms with van der Waals surface area (Å²) in [6.07, 6.45) is 3.72. The number of methoxy groups -OCH3 is 1. The van der Waals surface area contributed by atoms with Crippen molar-refractivity contribution < 1.29 is 4.74 Å². The maximum absolute atomic E-state index is 5.73. The molecule has 3 heterocycles. The van der Waals surface area contributed by atoms with E-state index in [9.17, 15) is 0 Å². The lowest BCUT2D eigenvalue weighted by molar-refractivity contribution is 0.0911. The van der Waals surface area contributed by atoms with E-state index in [1.807, 2.05) is 36.1 Å². The van der Waals surface area contributed by atoms with Gasteiger partial charge in [0.2, 0.25) is 0 Å². The smallest absolute Gasteiger partial charge is 0.142 e. The van der Waals surface area contributed by atoms with Crippen LogP contribution in [0.3, 0.4) is 0 Å². The highest BCUT2D eigenvalue weighted by Gasteiger charge is 2.20. The predicted octanol–water partition coefficient (Wildman–Crippen LogP) is 5.12. The number of imidazole rings is 1. The summed E-state index contributed by atoms with van der Waals surface area (Å²) in [7, 11) is 1.75. The zero-order valence-corrected chi connectivity index (χ0v) is 15.3. The van der Waals surface area contributed by atoms with Gasteiger partial charge in [-0.05, 0) is 11.4 Å². The first-order valence-corrected chi connectivity index (χ1v) is 9.69. The van der Waals surface area contributed by atoms with Gasteiger partial charge in [-0.2, -0.15) is 0 Å². The molecule has 0 saturated heterocycles. The predicted molar refractivity (Wildman–Crippen MR) is 103 cm³/mol. The molecule has 0 aliphatic rings. The van der Waals surface area contributed by atoms with Crippen LogP contribution >= 0.6 is 22.7 Å². The fourth-order valence-corrected chi connectivity index (χ4v) is 4.32. The van der Waals surface area contributed by atoms with Crippen LogP contribution in [0.4, 0.5) is 0 Å². The lowest BCUT2D eigenvalue weighted by atomic mass is 10.1. The highest BCUT2D eigenvalue weighted by atomic mass is 32.1. The number of benzene rings is 1. The first kappa shape index (κ1) is 16.2. The van der Waals surface area contributed by atoms with Gasteiger partial charge in [-0.1, -0.05) is 36.4 Å². The number of ether oxygens (including phenoxy) is 1. The van der Waals surface area contributed by atoms with E-state index in [1.165, 1.54) is 4.88 Å². The molecule has 0 spiro atoms. The minimum Gasteiger partial charge on any atom is -0.374 e. The van der Waals surface area contributed by atoms with E-state index in [0.29, 0.717) is 6.54 Å². The summed E-state index contributed by atoms with van der Waals surface area (Å²) >= 11 is 3.34. The van der Waals surface area contributed by atoms with E-state index in [1.54, 1.807) is 29.8 Å². The average Bonchev–Trinajstić information content (AvgIpc) is 3.41. The quantitative estimate of drug-likeness (QED) is 0.475. The van der Waals surface area contributed by atoms with Gasteiger partial charge in [-0.3, -0.25) is 0 Å². The third-order valence-corrected chi connectivity index (χ3v) is 5.77. The minimum absolute atomic E-state index is 0.00321. The van der Waals surface area contributed by atoms with E-state index in [4.69, 9.17) is 4.74 Å². The van der Waals surface area contributed by atoms with Gasteiger partial charge in [0.1, 0.15) is 16.8 Å². The molecule has 25 heavy (non-hydrogen) atoms. The topological polar surface area (TPSA) is 39.9 Å². The summed E-state index contributed by atoms with van der Waals surface area (Å²) in [6, 6.07) is 14.4. The Morgan fingerprint density at radius 2 is 1.92 bits per heavy atom. The van der Waals surface area contributed by atoms with Gasteiger partial charge in [-0.15, -0.1) is 22.7 Å². The average molecular weight is 367 g/mol. The summed E-state index contributed by atoms with van der Waals surface area (Å²) in [6.45, 7) is 0.700. The summed E-state index contributed by atoms with van der Waals surface area (Å²) in [4.78, 5) is 10.4. The maximum atomic E-state index is 5.73. The first-order chi connectivity index (χ1) is 12.4. The molecule has 0 bridgehead atoms. The lowest BCUT2D eigenvalue weighted by Gasteiger charge is -2.16. The number of hydrogen-bond acceptors (Lipinski definition) is 5.